The van der Waals surface area contributed by atoms with Gasteiger partial charge in [-0.05, 0) is 24.6 Å². The number of aromatic nitrogens is 2. The summed E-state index contributed by atoms with van der Waals surface area (Å²) < 4.78 is 19.2. The summed E-state index contributed by atoms with van der Waals surface area (Å²) in [5.74, 6) is -0.812. The Morgan fingerprint density at radius 3 is 2.96 bits per heavy atom. The third kappa shape index (κ3) is 4.34. The molecule has 10 heteroatoms. The third-order valence-corrected chi connectivity index (χ3v) is 4.85. The Bertz CT molecular complexity index is 880. The van der Waals surface area contributed by atoms with E-state index in [1.807, 2.05) is 0 Å². The van der Waals surface area contributed by atoms with Crippen LogP contribution in [-0.2, 0) is 9.53 Å². The number of carbonyl (C=O) groups excluding carboxylic acids is 2. The van der Waals surface area contributed by atoms with Crippen LogP contribution < -0.4 is 16.0 Å². The number of benzene rings is 1. The van der Waals surface area contributed by atoms with Crippen LogP contribution in [0.3, 0.4) is 0 Å². The van der Waals surface area contributed by atoms with E-state index in [-0.39, 0.29) is 29.0 Å². The lowest BCUT2D eigenvalue weighted by atomic mass is 10.2. The molecule has 0 atom stereocenters. The minimum absolute atomic E-state index is 0.00729. The van der Waals surface area contributed by atoms with Gasteiger partial charge < -0.3 is 20.7 Å². The van der Waals surface area contributed by atoms with Gasteiger partial charge in [0.25, 0.3) is 5.91 Å². The van der Waals surface area contributed by atoms with Gasteiger partial charge in [0.05, 0.1) is 17.2 Å². The number of rotatable bonds is 7. The second-order valence-corrected chi connectivity index (χ2v) is 6.68. The number of nitrogens with two attached hydrogens (primary N) is 1. The molecule has 27 heavy (non-hydrogen) atoms. The van der Waals surface area contributed by atoms with Crippen LogP contribution in [0.2, 0.25) is 0 Å². The first-order valence-electron chi connectivity index (χ1n) is 8.15. The summed E-state index contributed by atoms with van der Waals surface area (Å²) in [5, 5.41) is 3.12. The fourth-order valence-electron chi connectivity index (χ4n) is 2.64. The quantitative estimate of drug-likeness (QED) is 0.423. The molecule has 1 aliphatic rings. The number of hydrogen-bond donors (Lipinski definition) is 2. The van der Waals surface area contributed by atoms with Crippen molar-refractivity contribution < 1.29 is 18.7 Å². The first-order chi connectivity index (χ1) is 13.0. The smallest absolute Gasteiger partial charge is 0.253 e. The van der Waals surface area contributed by atoms with Gasteiger partial charge in [-0.2, -0.15) is 0 Å². The van der Waals surface area contributed by atoms with Gasteiger partial charge in [-0.1, -0.05) is 11.8 Å². The number of methoxy groups -OCH3 is 1. The van der Waals surface area contributed by atoms with E-state index in [0.29, 0.717) is 23.7 Å². The molecule has 0 aliphatic carbocycles. The molecule has 2 heterocycles. The zero-order chi connectivity index (χ0) is 19.4. The molecule has 0 spiro atoms. The summed E-state index contributed by atoms with van der Waals surface area (Å²) in [6, 6.07) is 4.37. The number of ether oxygens (including phenoxy) is 1. The van der Waals surface area contributed by atoms with Crippen LogP contribution in [0.4, 0.5) is 21.7 Å². The molecule has 1 aromatic carbocycles. The molecule has 0 unspecified atom stereocenters. The van der Waals surface area contributed by atoms with Gasteiger partial charge in [0, 0.05) is 32.0 Å². The van der Waals surface area contributed by atoms with E-state index >= 15 is 0 Å². The van der Waals surface area contributed by atoms with Crippen LogP contribution >= 0.6 is 11.8 Å². The molecule has 3 N–H and O–H groups in total. The summed E-state index contributed by atoms with van der Waals surface area (Å²) in [4.78, 5) is 33.3. The standard InChI is InChI=1S/C17H18FN5O3S/c1-26-9-27-16-11(15(19)25)8-20-17(22-16)21-13-7-10(4-5-12(13)18)23-6-2-3-14(23)24/h4-5,7-8H,2-3,6,9H2,1H3,(H2,19,25)(H,20,21,22). The predicted molar refractivity (Wildman–Crippen MR) is 99.6 cm³/mol. The molecule has 0 bridgehead atoms. The molecular weight excluding hydrogens is 373 g/mol. The number of hydrogen-bond acceptors (Lipinski definition) is 7. The van der Waals surface area contributed by atoms with E-state index in [1.165, 1.54) is 37.2 Å². The highest BCUT2D eigenvalue weighted by Crippen LogP contribution is 2.28. The number of carbonyl (C=O) groups is 2. The van der Waals surface area contributed by atoms with E-state index in [1.54, 1.807) is 11.0 Å². The maximum Gasteiger partial charge on any atom is 0.253 e. The fourth-order valence-corrected chi connectivity index (χ4v) is 3.33. The van der Waals surface area contributed by atoms with Crippen LogP contribution in [-0.4, -0.2) is 41.4 Å². The summed E-state index contributed by atoms with van der Waals surface area (Å²) in [5.41, 5.74) is 6.20. The minimum Gasteiger partial charge on any atom is -0.374 e. The van der Waals surface area contributed by atoms with Gasteiger partial charge in [-0.15, -0.1) is 0 Å². The molecule has 1 saturated heterocycles. The lowest BCUT2D eigenvalue weighted by Gasteiger charge is -2.17. The maximum atomic E-state index is 14.2. The van der Waals surface area contributed by atoms with E-state index in [9.17, 15) is 14.0 Å². The van der Waals surface area contributed by atoms with Crippen LogP contribution in [0.25, 0.3) is 0 Å². The SMILES string of the molecule is COCSc1nc(Nc2cc(N3CCCC3=O)ccc2F)ncc1C(N)=O. The second kappa shape index (κ2) is 8.31. The molecule has 8 nitrogen and oxygen atoms in total. The van der Waals surface area contributed by atoms with Crippen molar-refractivity contribution in [1.29, 1.82) is 0 Å². The lowest BCUT2D eigenvalue weighted by molar-refractivity contribution is -0.117. The van der Waals surface area contributed by atoms with Crippen molar-refractivity contribution in [3.63, 3.8) is 0 Å². The van der Waals surface area contributed by atoms with Crippen molar-refractivity contribution in [2.24, 2.45) is 5.73 Å². The minimum atomic E-state index is -0.666. The predicted octanol–water partition coefficient (Wildman–Crippen LogP) is 2.28. The van der Waals surface area contributed by atoms with Crippen molar-refractivity contribution in [2.45, 2.75) is 17.9 Å². The molecule has 1 aliphatic heterocycles. The molecule has 142 valence electrons. The fraction of sp³-hybridized carbons (Fsp3) is 0.294. The molecule has 1 aromatic heterocycles. The molecule has 0 saturated carbocycles. The number of halogens is 1. The zero-order valence-corrected chi connectivity index (χ0v) is 15.4. The van der Waals surface area contributed by atoms with Gasteiger partial charge in [0.2, 0.25) is 11.9 Å². The van der Waals surface area contributed by atoms with Crippen molar-refractivity contribution in [1.82, 2.24) is 9.97 Å². The number of nitrogens with zero attached hydrogens (tertiary/aromatic N) is 3. The highest BCUT2D eigenvalue weighted by molar-refractivity contribution is 7.99. The lowest BCUT2D eigenvalue weighted by Crippen LogP contribution is -2.23. The molecule has 2 aromatic rings. The van der Waals surface area contributed by atoms with Crippen LogP contribution in [0, 0.1) is 5.82 Å². The normalized spacial score (nSPS) is 13.9. The molecular formula is C17H18FN5O3S. The molecule has 2 amide bonds. The second-order valence-electron chi connectivity index (χ2n) is 5.77. The highest BCUT2D eigenvalue weighted by atomic mass is 32.2. The van der Waals surface area contributed by atoms with Gasteiger partial charge in [0.1, 0.15) is 10.8 Å². The first-order valence-corrected chi connectivity index (χ1v) is 9.13. The average Bonchev–Trinajstić information content (AvgIpc) is 3.07. The summed E-state index contributed by atoms with van der Waals surface area (Å²) in [6.07, 6.45) is 2.54. The topological polar surface area (TPSA) is 110 Å². The third-order valence-electron chi connectivity index (χ3n) is 3.91. The Kier molecular flexibility index (Phi) is 5.87. The van der Waals surface area contributed by atoms with E-state index < -0.39 is 11.7 Å². The Labute approximate surface area is 159 Å². The van der Waals surface area contributed by atoms with Gasteiger partial charge >= 0.3 is 0 Å². The summed E-state index contributed by atoms with van der Waals surface area (Å²) >= 11 is 1.17. The van der Waals surface area contributed by atoms with Crippen molar-refractivity contribution >= 4 is 40.9 Å². The van der Waals surface area contributed by atoms with Gasteiger partial charge in [-0.3, -0.25) is 9.59 Å². The number of anilines is 3. The number of primary amides is 1. The molecule has 0 radical (unpaired) electrons. The van der Waals surface area contributed by atoms with Gasteiger partial charge in [0.15, 0.2) is 0 Å². The summed E-state index contributed by atoms with van der Waals surface area (Å²) in [7, 11) is 1.51. The van der Waals surface area contributed by atoms with E-state index in [4.69, 9.17) is 10.5 Å². The Morgan fingerprint density at radius 2 is 2.30 bits per heavy atom. The molecule has 1 fully saturated rings. The summed E-state index contributed by atoms with van der Waals surface area (Å²) in [6.45, 7) is 0.603. The van der Waals surface area contributed by atoms with Crippen molar-refractivity contribution in [3.05, 3.63) is 35.8 Å². The van der Waals surface area contributed by atoms with Crippen molar-refractivity contribution in [2.75, 3.05) is 29.8 Å². The Balaban J connectivity index is 1.88. The van der Waals surface area contributed by atoms with Crippen LogP contribution in [0.15, 0.2) is 29.4 Å². The van der Waals surface area contributed by atoms with E-state index in [2.05, 4.69) is 15.3 Å². The highest BCUT2D eigenvalue weighted by Gasteiger charge is 2.22. The molecule has 3 rings (SSSR count). The Morgan fingerprint density at radius 1 is 1.48 bits per heavy atom. The van der Waals surface area contributed by atoms with E-state index in [0.717, 1.165) is 6.42 Å². The number of nitrogens with one attached hydrogen (secondary N) is 1. The van der Waals surface area contributed by atoms with Crippen LogP contribution in [0.5, 0.6) is 0 Å². The average molecular weight is 391 g/mol. The monoisotopic (exact) mass is 391 g/mol. The van der Waals surface area contributed by atoms with Gasteiger partial charge in [-0.25, -0.2) is 14.4 Å². The zero-order valence-electron chi connectivity index (χ0n) is 14.6. The number of amides is 2. The van der Waals surface area contributed by atoms with Crippen molar-refractivity contribution in [3.8, 4) is 0 Å². The number of thioether (sulfide) groups is 1. The van der Waals surface area contributed by atoms with Crippen LogP contribution in [0.1, 0.15) is 23.2 Å². The Hall–Kier alpha value is -2.72. The maximum absolute atomic E-state index is 14.2. The first kappa shape index (κ1) is 19.1. The largest absolute Gasteiger partial charge is 0.374 e.